The third-order valence-electron chi connectivity index (χ3n) is 7.73. The molecule has 0 radical (unpaired) electrons. The van der Waals surface area contributed by atoms with E-state index in [0.29, 0.717) is 42.3 Å². The lowest BCUT2D eigenvalue weighted by Crippen LogP contribution is -2.44. The molecule has 0 aliphatic carbocycles. The lowest BCUT2D eigenvalue weighted by Gasteiger charge is -2.35. The molecule has 5 rings (SSSR count). The van der Waals surface area contributed by atoms with E-state index >= 15 is 0 Å². The van der Waals surface area contributed by atoms with Gasteiger partial charge < -0.3 is 15.5 Å². The first-order valence-corrected chi connectivity index (χ1v) is 13.8. The lowest BCUT2D eigenvalue weighted by molar-refractivity contribution is -0.132. The Morgan fingerprint density at radius 3 is 2.39 bits per heavy atom. The van der Waals surface area contributed by atoms with E-state index in [0.717, 1.165) is 48.4 Å². The molecule has 9 nitrogen and oxygen atoms in total. The van der Waals surface area contributed by atoms with E-state index in [-0.39, 0.29) is 18.3 Å². The zero-order valence-electron chi connectivity index (χ0n) is 23.9. The van der Waals surface area contributed by atoms with Crippen molar-refractivity contribution >= 4 is 24.2 Å². The van der Waals surface area contributed by atoms with Crippen LogP contribution in [0, 0.1) is 0 Å². The van der Waals surface area contributed by atoms with Gasteiger partial charge in [-0.1, -0.05) is 30.3 Å². The molecule has 216 valence electrons. The summed E-state index contributed by atoms with van der Waals surface area (Å²) in [5.41, 5.74) is 10.4. The van der Waals surface area contributed by atoms with Crippen molar-refractivity contribution < 1.29 is 9.59 Å². The minimum absolute atomic E-state index is 0. The fraction of sp³-hybridized carbons (Fsp3) is 0.355. The molecule has 0 spiro atoms. The van der Waals surface area contributed by atoms with Crippen molar-refractivity contribution in [2.45, 2.75) is 38.1 Å². The highest BCUT2D eigenvalue weighted by Gasteiger charge is 2.25. The van der Waals surface area contributed by atoms with E-state index in [1.165, 1.54) is 0 Å². The Morgan fingerprint density at radius 2 is 1.76 bits per heavy atom. The standard InChI is InChI=1S/C31H37N7O2.ClH/c1-35(2)24-15-17-37(18-16-24)28(39)14-7-9-23-21-38(25-10-5-4-6-11-25)31(34-23)29-26(22-19-33-36(3)20-22)12-8-13-27(29)30(32)40;/h4-6,8,10-13,19-21,24H,7,9,14-18H2,1-3H3,(H2,32,40);1H. The molecule has 2 N–H and O–H groups in total. The van der Waals surface area contributed by atoms with Crippen LogP contribution < -0.4 is 5.73 Å². The number of nitrogens with two attached hydrogens (primary N) is 1. The van der Waals surface area contributed by atoms with Gasteiger partial charge in [0, 0.05) is 61.8 Å². The second-order valence-corrected chi connectivity index (χ2v) is 10.7. The van der Waals surface area contributed by atoms with E-state index in [9.17, 15) is 9.59 Å². The van der Waals surface area contributed by atoms with Crippen LogP contribution in [0.25, 0.3) is 28.2 Å². The molecular formula is C31H38ClN7O2. The van der Waals surface area contributed by atoms with E-state index in [1.54, 1.807) is 16.9 Å². The topological polar surface area (TPSA) is 102 Å². The summed E-state index contributed by atoms with van der Waals surface area (Å²) in [7, 11) is 6.06. The number of likely N-dealkylation sites (tertiary alicyclic amines) is 1. The van der Waals surface area contributed by atoms with Crippen LogP contribution in [0.3, 0.4) is 0 Å². The number of hydrogen-bond donors (Lipinski definition) is 1. The minimum Gasteiger partial charge on any atom is -0.366 e. The first kappa shape index (κ1) is 30.0. The highest BCUT2D eigenvalue weighted by Crippen LogP contribution is 2.36. The van der Waals surface area contributed by atoms with Gasteiger partial charge in [-0.05, 0) is 63.5 Å². The molecule has 4 aromatic rings. The van der Waals surface area contributed by atoms with E-state index in [2.05, 4.69) is 24.1 Å². The van der Waals surface area contributed by atoms with Gasteiger partial charge in [-0.2, -0.15) is 5.10 Å². The van der Waals surface area contributed by atoms with Gasteiger partial charge in [-0.25, -0.2) is 4.98 Å². The molecule has 1 saturated heterocycles. The molecule has 3 heterocycles. The van der Waals surface area contributed by atoms with Gasteiger partial charge in [0.1, 0.15) is 5.82 Å². The molecule has 2 aromatic carbocycles. The van der Waals surface area contributed by atoms with Gasteiger partial charge in [0.15, 0.2) is 0 Å². The van der Waals surface area contributed by atoms with Crippen LogP contribution in [0.1, 0.15) is 41.7 Å². The Labute approximate surface area is 247 Å². The van der Waals surface area contributed by atoms with Crippen LogP contribution in [-0.4, -0.2) is 74.2 Å². The highest BCUT2D eigenvalue weighted by molar-refractivity contribution is 6.03. The van der Waals surface area contributed by atoms with Gasteiger partial charge in [0.2, 0.25) is 11.8 Å². The molecule has 1 fully saturated rings. The fourth-order valence-electron chi connectivity index (χ4n) is 5.52. The zero-order valence-corrected chi connectivity index (χ0v) is 24.7. The van der Waals surface area contributed by atoms with E-state index in [4.69, 9.17) is 10.7 Å². The molecule has 0 unspecified atom stereocenters. The number of hydrogen-bond acceptors (Lipinski definition) is 5. The van der Waals surface area contributed by atoms with Crippen molar-refractivity contribution in [2.24, 2.45) is 12.8 Å². The first-order valence-electron chi connectivity index (χ1n) is 13.8. The molecule has 41 heavy (non-hydrogen) atoms. The maximum absolute atomic E-state index is 12.9. The largest absolute Gasteiger partial charge is 0.366 e. The minimum atomic E-state index is -0.520. The van der Waals surface area contributed by atoms with Crippen LogP contribution in [0.15, 0.2) is 67.1 Å². The van der Waals surface area contributed by atoms with Crippen LogP contribution in [-0.2, 0) is 18.3 Å². The zero-order chi connectivity index (χ0) is 28.2. The quantitative estimate of drug-likeness (QED) is 0.320. The third kappa shape index (κ3) is 6.69. The fourth-order valence-corrected chi connectivity index (χ4v) is 5.52. The molecule has 1 aliphatic rings. The average Bonchev–Trinajstić information content (AvgIpc) is 3.59. The average molecular weight is 576 g/mol. The van der Waals surface area contributed by atoms with Gasteiger partial charge in [-0.3, -0.25) is 18.8 Å². The van der Waals surface area contributed by atoms with Gasteiger partial charge in [0.05, 0.1) is 17.5 Å². The number of aryl methyl sites for hydroxylation is 2. The van der Waals surface area contributed by atoms with Gasteiger partial charge in [0.25, 0.3) is 0 Å². The number of piperidine rings is 1. The number of amides is 2. The third-order valence-corrected chi connectivity index (χ3v) is 7.73. The predicted octanol–water partition coefficient (Wildman–Crippen LogP) is 4.34. The van der Waals surface area contributed by atoms with Crippen molar-refractivity contribution in [3.05, 3.63) is 78.4 Å². The maximum Gasteiger partial charge on any atom is 0.249 e. The van der Waals surface area contributed by atoms with Crippen LogP contribution in [0.2, 0.25) is 0 Å². The van der Waals surface area contributed by atoms with Crippen LogP contribution in [0.4, 0.5) is 0 Å². The second kappa shape index (κ2) is 13.1. The molecule has 1 aliphatic heterocycles. The molecule has 2 amide bonds. The number of benzene rings is 2. The number of imidazole rings is 1. The number of primary amides is 1. The van der Waals surface area contributed by atoms with Crippen molar-refractivity contribution in [1.82, 2.24) is 29.1 Å². The number of para-hydroxylation sites is 1. The highest BCUT2D eigenvalue weighted by atomic mass is 35.5. The van der Waals surface area contributed by atoms with Crippen molar-refractivity contribution in [2.75, 3.05) is 27.2 Å². The number of aromatic nitrogens is 4. The number of carbonyl (C=O) groups excluding carboxylic acids is 2. The first-order chi connectivity index (χ1) is 19.3. The Morgan fingerprint density at radius 1 is 1.02 bits per heavy atom. The summed E-state index contributed by atoms with van der Waals surface area (Å²) < 4.78 is 3.73. The molecule has 2 aromatic heterocycles. The SMILES string of the molecule is CN(C)C1CCN(C(=O)CCCc2cn(-c3ccccc3)c(-c3c(C(N)=O)cccc3-c3cnn(C)c3)n2)CC1.Cl. The summed E-state index contributed by atoms with van der Waals surface area (Å²) in [5, 5.41) is 4.33. The Bertz CT molecular complexity index is 1490. The number of halogens is 1. The molecule has 0 atom stereocenters. The summed E-state index contributed by atoms with van der Waals surface area (Å²) >= 11 is 0. The van der Waals surface area contributed by atoms with Crippen LogP contribution >= 0.6 is 12.4 Å². The summed E-state index contributed by atoms with van der Waals surface area (Å²) in [4.78, 5) is 34.8. The smallest absolute Gasteiger partial charge is 0.249 e. The lowest BCUT2D eigenvalue weighted by atomic mass is 9.96. The molecule has 0 bridgehead atoms. The monoisotopic (exact) mass is 575 g/mol. The van der Waals surface area contributed by atoms with Gasteiger partial charge in [-0.15, -0.1) is 12.4 Å². The Hall–Kier alpha value is -3.95. The number of carbonyl (C=O) groups is 2. The van der Waals surface area contributed by atoms with Crippen molar-refractivity contribution in [3.8, 4) is 28.2 Å². The van der Waals surface area contributed by atoms with Crippen molar-refractivity contribution in [1.29, 1.82) is 0 Å². The van der Waals surface area contributed by atoms with Gasteiger partial charge >= 0.3 is 0 Å². The Kier molecular flexibility index (Phi) is 9.62. The van der Waals surface area contributed by atoms with Crippen molar-refractivity contribution in [3.63, 3.8) is 0 Å². The summed E-state index contributed by atoms with van der Waals surface area (Å²) in [6.45, 7) is 1.63. The second-order valence-electron chi connectivity index (χ2n) is 10.7. The van der Waals surface area contributed by atoms with E-state index in [1.807, 2.05) is 71.4 Å². The molecule has 10 heteroatoms. The summed E-state index contributed by atoms with van der Waals surface area (Å²) in [5.74, 6) is 0.318. The summed E-state index contributed by atoms with van der Waals surface area (Å²) in [6, 6.07) is 16.0. The Balaban J connectivity index is 0.00000387. The summed E-state index contributed by atoms with van der Waals surface area (Å²) in [6.07, 6.45) is 9.55. The predicted molar refractivity (Wildman–Crippen MR) is 163 cm³/mol. The molecule has 0 saturated carbocycles. The van der Waals surface area contributed by atoms with E-state index < -0.39 is 5.91 Å². The maximum atomic E-state index is 12.9. The number of rotatable bonds is 9. The normalized spacial score (nSPS) is 13.8. The van der Waals surface area contributed by atoms with Crippen LogP contribution in [0.5, 0.6) is 0 Å². The number of nitrogens with zero attached hydrogens (tertiary/aromatic N) is 6. The molecular weight excluding hydrogens is 538 g/mol.